The van der Waals surface area contributed by atoms with Gasteiger partial charge in [-0.3, -0.25) is 4.79 Å². The van der Waals surface area contributed by atoms with Crippen molar-refractivity contribution in [3.63, 3.8) is 0 Å². The topological polar surface area (TPSA) is 127 Å². The number of aliphatic carboxylic acids is 1. The van der Waals surface area contributed by atoms with E-state index in [1.807, 2.05) is 26.8 Å². The zero-order valence-corrected chi connectivity index (χ0v) is 22.9. The minimum absolute atomic E-state index is 0.165. The van der Waals surface area contributed by atoms with Gasteiger partial charge in [0.25, 0.3) is 10.0 Å². The normalized spacial score (nSPS) is 22.7. The molecule has 0 saturated heterocycles. The predicted molar refractivity (Wildman–Crippen MR) is 148 cm³/mol. The highest BCUT2D eigenvalue weighted by molar-refractivity contribution is 7.90. The Morgan fingerprint density at radius 2 is 1.67 bits per heavy atom. The van der Waals surface area contributed by atoms with E-state index in [0.717, 1.165) is 42.4 Å². The summed E-state index contributed by atoms with van der Waals surface area (Å²) in [5, 5.41) is 14.1. The van der Waals surface area contributed by atoms with E-state index in [1.54, 1.807) is 36.7 Å². The third kappa shape index (κ3) is 4.36. The molecule has 2 bridgehead atoms. The number of rotatable bonds is 6. The summed E-state index contributed by atoms with van der Waals surface area (Å²) in [6, 6.07) is 8.39. The number of fused-ring (bicyclic) bond motifs is 4. The van der Waals surface area contributed by atoms with Gasteiger partial charge in [-0.1, -0.05) is 17.7 Å². The zero-order valence-electron chi connectivity index (χ0n) is 22.1. The molecule has 3 fully saturated rings. The van der Waals surface area contributed by atoms with E-state index in [1.165, 1.54) is 10.2 Å². The molecule has 3 saturated carbocycles. The molecule has 0 radical (unpaired) electrons. The van der Waals surface area contributed by atoms with Gasteiger partial charge in [0.2, 0.25) is 0 Å². The van der Waals surface area contributed by atoms with E-state index in [2.05, 4.69) is 15.3 Å². The van der Waals surface area contributed by atoms with E-state index in [9.17, 15) is 18.3 Å². The minimum Gasteiger partial charge on any atom is -0.481 e. The number of pyridine rings is 1. The van der Waals surface area contributed by atoms with Crippen molar-refractivity contribution in [1.29, 1.82) is 0 Å². The molecule has 2 atom stereocenters. The number of carbonyl (C=O) groups is 1. The molecule has 3 aromatic heterocycles. The summed E-state index contributed by atoms with van der Waals surface area (Å²) in [4.78, 5) is 26.2. The lowest BCUT2D eigenvalue weighted by atomic mass is 9.61. The molecule has 9 nitrogen and oxygen atoms in total. The lowest BCUT2D eigenvalue weighted by Gasteiger charge is -2.47. The second kappa shape index (κ2) is 9.44. The molecular weight excluding hydrogens is 514 g/mol. The Bertz CT molecular complexity index is 1690. The van der Waals surface area contributed by atoms with E-state index in [4.69, 9.17) is 4.98 Å². The monoisotopic (exact) mass is 545 g/mol. The molecule has 0 amide bonds. The van der Waals surface area contributed by atoms with E-state index >= 15 is 0 Å². The van der Waals surface area contributed by atoms with Crippen LogP contribution in [-0.2, 0) is 14.8 Å². The maximum atomic E-state index is 13.7. The SMILES string of the molecule is Cc1ccc(S(=O)(=O)n2cc(-c3ncc(C)c(N[C@H]4C5CCC(CC5)[C@@H]4C(=O)O)n3)c3cc(C)cnc32)cc1. The highest BCUT2D eigenvalue weighted by atomic mass is 32.2. The fourth-order valence-corrected chi connectivity index (χ4v) is 7.58. The third-order valence-electron chi connectivity index (χ3n) is 8.35. The summed E-state index contributed by atoms with van der Waals surface area (Å²) < 4.78 is 28.5. The number of nitrogens with one attached hydrogen (secondary N) is 1. The molecule has 10 heteroatoms. The second-order valence-corrected chi connectivity index (χ2v) is 12.8. The molecule has 4 aromatic rings. The lowest BCUT2D eigenvalue weighted by molar-refractivity contribution is -0.148. The van der Waals surface area contributed by atoms with Gasteiger partial charge in [0, 0.05) is 41.1 Å². The first-order chi connectivity index (χ1) is 18.6. The summed E-state index contributed by atoms with van der Waals surface area (Å²) >= 11 is 0. The number of hydrogen-bond acceptors (Lipinski definition) is 7. The van der Waals surface area contributed by atoms with Gasteiger partial charge in [0.15, 0.2) is 11.5 Å². The molecule has 0 spiro atoms. The van der Waals surface area contributed by atoms with Gasteiger partial charge in [-0.15, -0.1) is 0 Å². The third-order valence-corrected chi connectivity index (χ3v) is 10.0. The van der Waals surface area contributed by atoms with Crippen LogP contribution < -0.4 is 5.32 Å². The Morgan fingerprint density at radius 3 is 2.36 bits per heavy atom. The van der Waals surface area contributed by atoms with Crippen molar-refractivity contribution in [3.8, 4) is 11.4 Å². The predicted octanol–water partition coefficient (Wildman–Crippen LogP) is 4.96. The Kier molecular flexibility index (Phi) is 6.17. The zero-order chi connectivity index (χ0) is 27.5. The molecule has 0 aliphatic heterocycles. The second-order valence-electron chi connectivity index (χ2n) is 11.0. The van der Waals surface area contributed by atoms with Crippen molar-refractivity contribution in [1.82, 2.24) is 18.9 Å². The van der Waals surface area contributed by atoms with Gasteiger partial charge in [0.05, 0.1) is 10.8 Å². The Hall–Kier alpha value is -3.79. The van der Waals surface area contributed by atoms with Gasteiger partial charge in [-0.2, -0.15) is 0 Å². The first-order valence-corrected chi connectivity index (χ1v) is 14.7. The molecule has 0 unspecified atom stereocenters. The van der Waals surface area contributed by atoms with Gasteiger partial charge in [-0.05, 0) is 82.1 Å². The van der Waals surface area contributed by atoms with Crippen molar-refractivity contribution < 1.29 is 18.3 Å². The molecule has 39 heavy (non-hydrogen) atoms. The van der Waals surface area contributed by atoms with Crippen LogP contribution >= 0.6 is 0 Å². The summed E-state index contributed by atoms with van der Waals surface area (Å²) in [5.74, 6) is 0.161. The average molecular weight is 546 g/mol. The summed E-state index contributed by atoms with van der Waals surface area (Å²) in [6.07, 6.45) is 8.80. The van der Waals surface area contributed by atoms with Gasteiger partial charge < -0.3 is 10.4 Å². The molecule has 202 valence electrons. The smallest absolute Gasteiger partial charge is 0.308 e. The maximum absolute atomic E-state index is 13.7. The van der Waals surface area contributed by atoms with Crippen molar-refractivity contribution in [2.45, 2.75) is 57.4 Å². The van der Waals surface area contributed by atoms with Crippen LogP contribution in [0.15, 0.2) is 53.8 Å². The van der Waals surface area contributed by atoms with Crippen LogP contribution in [-0.4, -0.2) is 44.5 Å². The van der Waals surface area contributed by atoms with E-state index in [0.29, 0.717) is 28.2 Å². The van der Waals surface area contributed by atoms with Crippen LogP contribution in [0, 0.1) is 38.5 Å². The van der Waals surface area contributed by atoms with E-state index < -0.39 is 21.9 Å². The number of anilines is 1. The van der Waals surface area contributed by atoms with E-state index in [-0.39, 0.29) is 22.8 Å². The van der Waals surface area contributed by atoms with Crippen molar-refractivity contribution in [3.05, 3.63) is 65.6 Å². The van der Waals surface area contributed by atoms with Crippen LogP contribution in [0.25, 0.3) is 22.4 Å². The molecular formula is C29H31N5O4S. The molecule has 3 aliphatic carbocycles. The van der Waals surface area contributed by atoms with Crippen LogP contribution in [0.2, 0.25) is 0 Å². The van der Waals surface area contributed by atoms with Crippen molar-refractivity contribution in [2.75, 3.05) is 5.32 Å². The first kappa shape index (κ1) is 25.5. The van der Waals surface area contributed by atoms with Crippen LogP contribution in [0.3, 0.4) is 0 Å². The summed E-state index contributed by atoms with van der Waals surface area (Å²) in [6.45, 7) is 5.69. The number of carboxylic acids is 1. The standard InChI is InChI=1S/C29H31N5O4S/c1-16-4-10-21(11-5-16)39(37,38)34-15-23(22-12-17(2)13-31-28(22)34)27-30-14-18(3)26(33-27)32-25-20-8-6-19(7-9-20)24(25)29(35)36/h4-5,10-15,19-20,24-25H,6-9H2,1-3H3,(H,35,36)(H,30,32,33)/t19?,20?,24-,25-/m0/s1. The largest absolute Gasteiger partial charge is 0.481 e. The Labute approximate surface area is 227 Å². The quantitative estimate of drug-likeness (QED) is 0.348. The number of hydrogen-bond donors (Lipinski definition) is 2. The van der Waals surface area contributed by atoms with Crippen molar-refractivity contribution in [2.24, 2.45) is 17.8 Å². The lowest BCUT2D eigenvalue weighted by Crippen LogP contribution is -2.51. The maximum Gasteiger partial charge on any atom is 0.308 e. The highest BCUT2D eigenvalue weighted by Gasteiger charge is 2.47. The molecule has 3 heterocycles. The summed E-state index contributed by atoms with van der Waals surface area (Å²) in [5.41, 5.74) is 3.48. The number of aryl methyl sites for hydroxylation is 3. The Balaban J connectivity index is 1.44. The number of nitrogens with zero attached hydrogens (tertiary/aromatic N) is 4. The average Bonchev–Trinajstić information content (AvgIpc) is 3.30. The van der Waals surface area contributed by atoms with Crippen LogP contribution in [0.5, 0.6) is 0 Å². The molecule has 2 N–H and O–H groups in total. The first-order valence-electron chi connectivity index (χ1n) is 13.3. The van der Waals surface area contributed by atoms with Gasteiger partial charge in [-0.25, -0.2) is 27.3 Å². The molecule has 7 rings (SSSR count). The minimum atomic E-state index is -3.93. The van der Waals surface area contributed by atoms with Crippen molar-refractivity contribution >= 4 is 32.8 Å². The Morgan fingerprint density at radius 1 is 0.974 bits per heavy atom. The number of aromatic nitrogens is 4. The molecule has 3 aliphatic rings. The van der Waals surface area contributed by atoms with Crippen LogP contribution in [0.4, 0.5) is 5.82 Å². The molecule has 1 aromatic carbocycles. The van der Waals surface area contributed by atoms with Gasteiger partial charge >= 0.3 is 5.97 Å². The number of benzene rings is 1. The fourth-order valence-electron chi connectivity index (χ4n) is 6.26. The fraction of sp³-hybridized carbons (Fsp3) is 0.379. The van der Waals surface area contributed by atoms with Crippen LogP contribution in [0.1, 0.15) is 42.4 Å². The van der Waals surface area contributed by atoms with Gasteiger partial charge in [0.1, 0.15) is 5.82 Å². The summed E-state index contributed by atoms with van der Waals surface area (Å²) in [7, 11) is -3.93. The highest BCUT2D eigenvalue weighted by Crippen LogP contribution is 2.46. The number of carboxylic acid groups (broad SMARTS) is 1.